The minimum Gasteiger partial charge on any atom is -0.396 e. The summed E-state index contributed by atoms with van der Waals surface area (Å²) in [6.45, 7) is 3.01. The molecule has 3 nitrogen and oxygen atoms in total. The molecule has 1 aliphatic rings. The van der Waals surface area contributed by atoms with Crippen LogP contribution in [0, 0.1) is 6.92 Å². The summed E-state index contributed by atoms with van der Waals surface area (Å²) in [6.07, 6.45) is 3.92. The van der Waals surface area contributed by atoms with Gasteiger partial charge < -0.3 is 10.0 Å². The van der Waals surface area contributed by atoms with Crippen LogP contribution < -0.4 is 0 Å². The van der Waals surface area contributed by atoms with E-state index in [-0.39, 0.29) is 18.6 Å². The van der Waals surface area contributed by atoms with Crippen molar-refractivity contribution in [3.8, 4) is 0 Å². The summed E-state index contributed by atoms with van der Waals surface area (Å²) in [5.74, 6) is 0.145. The Morgan fingerprint density at radius 3 is 2.95 bits per heavy atom. The van der Waals surface area contributed by atoms with Gasteiger partial charge in [0, 0.05) is 23.9 Å². The van der Waals surface area contributed by atoms with Crippen molar-refractivity contribution in [2.24, 2.45) is 0 Å². The number of benzene rings is 1. The molecule has 1 fully saturated rings. The zero-order chi connectivity index (χ0) is 14.8. The fraction of sp³-hybridized carbons (Fsp3) is 0.471. The van der Waals surface area contributed by atoms with Crippen molar-refractivity contribution in [2.75, 3.05) is 13.2 Å². The average Bonchev–Trinajstić information content (AvgIpc) is 2.85. The quantitative estimate of drug-likeness (QED) is 0.941. The third-order valence-corrected chi connectivity index (χ3v) is 5.65. The number of fused-ring (bicyclic) bond motifs is 1. The molecule has 1 amide bonds. The molecule has 1 unspecified atom stereocenters. The number of thiophene rings is 1. The third-order valence-electron chi connectivity index (χ3n) is 4.39. The zero-order valence-electron chi connectivity index (χ0n) is 12.3. The van der Waals surface area contributed by atoms with Gasteiger partial charge in [0.15, 0.2) is 0 Å². The van der Waals surface area contributed by atoms with Gasteiger partial charge in [0.25, 0.3) is 5.91 Å². The van der Waals surface area contributed by atoms with Gasteiger partial charge in [-0.1, -0.05) is 18.2 Å². The van der Waals surface area contributed by atoms with Crippen LogP contribution in [0.1, 0.15) is 40.9 Å². The van der Waals surface area contributed by atoms with Gasteiger partial charge in [-0.2, -0.15) is 0 Å². The van der Waals surface area contributed by atoms with Crippen molar-refractivity contribution in [3.63, 3.8) is 0 Å². The van der Waals surface area contributed by atoms with Crippen molar-refractivity contribution in [1.82, 2.24) is 4.90 Å². The minimum atomic E-state index is 0.145. The number of carbonyl (C=O) groups is 1. The number of rotatable bonds is 3. The molecule has 2 heterocycles. The minimum absolute atomic E-state index is 0.145. The van der Waals surface area contributed by atoms with E-state index in [0.717, 1.165) is 36.2 Å². The van der Waals surface area contributed by atoms with Gasteiger partial charge in [-0.15, -0.1) is 11.3 Å². The monoisotopic (exact) mass is 303 g/mol. The first-order valence-electron chi connectivity index (χ1n) is 7.62. The molecule has 0 radical (unpaired) electrons. The number of nitrogens with zero attached hydrogens (tertiary/aromatic N) is 1. The van der Waals surface area contributed by atoms with Crippen LogP contribution in [0.15, 0.2) is 24.3 Å². The number of aliphatic hydroxyl groups is 1. The number of hydrogen-bond acceptors (Lipinski definition) is 3. The standard InChI is InChI=1S/C17H21NO2S/c1-12-14-7-2-3-8-15(14)21-16(12)17(20)18-10-5-4-6-13(18)9-11-19/h2-3,7-8,13,19H,4-6,9-11H2,1H3. The molecule has 1 aromatic heterocycles. The van der Waals surface area contributed by atoms with Gasteiger partial charge in [-0.25, -0.2) is 0 Å². The third kappa shape index (κ3) is 2.70. The van der Waals surface area contributed by atoms with Gasteiger partial charge in [0.05, 0.1) is 4.88 Å². The Morgan fingerprint density at radius 1 is 1.38 bits per heavy atom. The molecule has 1 aromatic carbocycles. The lowest BCUT2D eigenvalue weighted by molar-refractivity contribution is 0.0579. The van der Waals surface area contributed by atoms with Gasteiger partial charge >= 0.3 is 0 Å². The second kappa shape index (κ2) is 6.16. The molecule has 1 aliphatic heterocycles. The molecule has 0 spiro atoms. The first kappa shape index (κ1) is 14.5. The molecule has 4 heteroatoms. The summed E-state index contributed by atoms with van der Waals surface area (Å²) < 4.78 is 1.18. The Balaban J connectivity index is 1.93. The van der Waals surface area contributed by atoms with E-state index in [1.165, 1.54) is 10.1 Å². The van der Waals surface area contributed by atoms with Crippen LogP contribution in [-0.2, 0) is 0 Å². The van der Waals surface area contributed by atoms with E-state index in [0.29, 0.717) is 6.42 Å². The van der Waals surface area contributed by atoms with Crippen LogP contribution >= 0.6 is 11.3 Å². The topological polar surface area (TPSA) is 40.5 Å². The average molecular weight is 303 g/mol. The predicted molar refractivity (Wildman–Crippen MR) is 86.9 cm³/mol. The number of hydrogen-bond donors (Lipinski definition) is 1. The molecule has 0 bridgehead atoms. The molecule has 21 heavy (non-hydrogen) atoms. The van der Waals surface area contributed by atoms with Gasteiger partial charge in [0.1, 0.15) is 0 Å². The summed E-state index contributed by atoms with van der Waals surface area (Å²) in [7, 11) is 0. The normalized spacial score (nSPS) is 19.1. The van der Waals surface area contributed by atoms with Gasteiger partial charge in [0.2, 0.25) is 0 Å². The van der Waals surface area contributed by atoms with Crippen LogP contribution in [0.5, 0.6) is 0 Å². The molecule has 3 rings (SSSR count). The summed E-state index contributed by atoms with van der Waals surface area (Å²) in [4.78, 5) is 15.8. The number of carbonyl (C=O) groups excluding carboxylic acids is 1. The Kier molecular flexibility index (Phi) is 4.27. The molecule has 112 valence electrons. The van der Waals surface area contributed by atoms with Crippen molar-refractivity contribution < 1.29 is 9.90 Å². The van der Waals surface area contributed by atoms with Gasteiger partial charge in [-0.05, 0) is 49.6 Å². The highest BCUT2D eigenvalue weighted by Crippen LogP contribution is 2.33. The van der Waals surface area contributed by atoms with E-state index in [2.05, 4.69) is 12.1 Å². The SMILES string of the molecule is Cc1c(C(=O)N2CCCCC2CCO)sc2ccccc12. The largest absolute Gasteiger partial charge is 0.396 e. The van der Waals surface area contributed by atoms with E-state index in [1.807, 2.05) is 24.0 Å². The lowest BCUT2D eigenvalue weighted by Gasteiger charge is -2.35. The maximum atomic E-state index is 12.9. The lowest BCUT2D eigenvalue weighted by atomic mass is 9.99. The first-order chi connectivity index (χ1) is 10.2. The van der Waals surface area contributed by atoms with E-state index < -0.39 is 0 Å². The summed E-state index contributed by atoms with van der Waals surface area (Å²) >= 11 is 1.59. The van der Waals surface area contributed by atoms with E-state index >= 15 is 0 Å². The Hall–Kier alpha value is -1.39. The highest BCUT2D eigenvalue weighted by Gasteiger charge is 2.29. The van der Waals surface area contributed by atoms with Crippen molar-refractivity contribution in [2.45, 2.75) is 38.6 Å². The van der Waals surface area contributed by atoms with Crippen molar-refractivity contribution >= 4 is 27.3 Å². The fourth-order valence-electron chi connectivity index (χ4n) is 3.23. The number of piperidine rings is 1. The molecule has 0 aliphatic carbocycles. The Bertz CT molecular complexity index is 647. The molecule has 1 saturated heterocycles. The van der Waals surface area contributed by atoms with Crippen LogP contribution in [0.25, 0.3) is 10.1 Å². The predicted octanol–water partition coefficient (Wildman–Crippen LogP) is 3.59. The van der Waals surface area contributed by atoms with E-state index in [1.54, 1.807) is 11.3 Å². The van der Waals surface area contributed by atoms with Crippen LogP contribution in [0.4, 0.5) is 0 Å². The van der Waals surface area contributed by atoms with Gasteiger partial charge in [-0.3, -0.25) is 4.79 Å². The summed E-state index contributed by atoms with van der Waals surface area (Å²) in [5, 5.41) is 10.4. The second-order valence-corrected chi connectivity index (χ2v) is 6.76. The maximum Gasteiger partial charge on any atom is 0.264 e. The Morgan fingerprint density at radius 2 is 2.19 bits per heavy atom. The highest BCUT2D eigenvalue weighted by molar-refractivity contribution is 7.21. The van der Waals surface area contributed by atoms with Crippen molar-refractivity contribution in [3.05, 3.63) is 34.7 Å². The van der Waals surface area contributed by atoms with Crippen LogP contribution in [0.2, 0.25) is 0 Å². The van der Waals surface area contributed by atoms with Crippen LogP contribution in [-0.4, -0.2) is 35.1 Å². The first-order valence-corrected chi connectivity index (χ1v) is 8.44. The molecular weight excluding hydrogens is 282 g/mol. The fourth-order valence-corrected chi connectivity index (χ4v) is 4.39. The molecule has 1 N–H and O–H groups in total. The smallest absolute Gasteiger partial charge is 0.264 e. The Labute approximate surface area is 129 Å². The second-order valence-electron chi connectivity index (χ2n) is 5.71. The molecule has 0 saturated carbocycles. The molecular formula is C17H21NO2S. The maximum absolute atomic E-state index is 12.9. The summed E-state index contributed by atoms with van der Waals surface area (Å²) in [5.41, 5.74) is 1.09. The lowest BCUT2D eigenvalue weighted by Crippen LogP contribution is -2.44. The number of amides is 1. The van der Waals surface area contributed by atoms with E-state index in [9.17, 15) is 9.90 Å². The van der Waals surface area contributed by atoms with Crippen LogP contribution in [0.3, 0.4) is 0 Å². The highest BCUT2D eigenvalue weighted by atomic mass is 32.1. The number of aliphatic hydroxyl groups excluding tert-OH is 1. The summed E-state index contributed by atoms with van der Waals surface area (Å²) in [6, 6.07) is 8.39. The molecule has 1 atom stereocenters. The van der Waals surface area contributed by atoms with Crippen molar-refractivity contribution in [1.29, 1.82) is 0 Å². The number of aryl methyl sites for hydroxylation is 1. The zero-order valence-corrected chi connectivity index (χ0v) is 13.2. The van der Waals surface area contributed by atoms with E-state index in [4.69, 9.17) is 0 Å². The molecule has 2 aromatic rings. The number of likely N-dealkylation sites (tertiary alicyclic amines) is 1.